The lowest BCUT2D eigenvalue weighted by atomic mass is 10.1. The molecule has 0 bridgehead atoms. The molecule has 6 heteroatoms. The molecular formula is C14H14N2O3S. The average Bonchev–Trinajstić information content (AvgIpc) is 2.91. The van der Waals surface area contributed by atoms with Crippen LogP contribution in [0.15, 0.2) is 41.1 Å². The third-order valence-corrected chi connectivity index (χ3v) is 3.37. The minimum Gasteiger partial charge on any atom is -0.481 e. The van der Waals surface area contributed by atoms with Gasteiger partial charge >= 0.3 is 12.0 Å². The van der Waals surface area contributed by atoms with Gasteiger partial charge < -0.3 is 15.7 Å². The number of para-hydroxylation sites is 1. The Labute approximate surface area is 120 Å². The zero-order valence-electron chi connectivity index (χ0n) is 10.6. The zero-order chi connectivity index (χ0) is 14.4. The van der Waals surface area contributed by atoms with Crippen LogP contribution in [0.5, 0.6) is 0 Å². The Bertz CT molecular complexity index is 596. The number of carbonyl (C=O) groups is 2. The molecule has 2 rings (SSSR count). The van der Waals surface area contributed by atoms with Gasteiger partial charge in [-0.3, -0.25) is 4.79 Å². The average molecular weight is 290 g/mol. The van der Waals surface area contributed by atoms with E-state index in [-0.39, 0.29) is 12.5 Å². The van der Waals surface area contributed by atoms with Gasteiger partial charge in [-0.25, -0.2) is 4.79 Å². The summed E-state index contributed by atoms with van der Waals surface area (Å²) in [6, 6.07) is 8.44. The second-order valence-electron chi connectivity index (χ2n) is 4.17. The predicted octanol–water partition coefficient (Wildman–Crippen LogP) is 2.70. The third kappa shape index (κ3) is 4.10. The van der Waals surface area contributed by atoms with Crippen molar-refractivity contribution in [1.82, 2.24) is 5.32 Å². The molecule has 2 aromatic rings. The zero-order valence-corrected chi connectivity index (χ0v) is 11.4. The molecule has 0 spiro atoms. The summed E-state index contributed by atoms with van der Waals surface area (Å²) in [4.78, 5) is 22.5. The number of carboxylic acids is 1. The SMILES string of the molecule is O=C(O)Cc1ccccc1NC(=O)NCc1ccsc1. The van der Waals surface area contributed by atoms with Crippen LogP contribution in [0.4, 0.5) is 10.5 Å². The van der Waals surface area contributed by atoms with Gasteiger partial charge in [0.15, 0.2) is 0 Å². The Morgan fingerprint density at radius 1 is 1.20 bits per heavy atom. The van der Waals surface area contributed by atoms with Crippen LogP contribution < -0.4 is 10.6 Å². The van der Waals surface area contributed by atoms with Gasteiger partial charge in [0.1, 0.15) is 0 Å². The highest BCUT2D eigenvalue weighted by molar-refractivity contribution is 7.07. The Morgan fingerprint density at radius 3 is 2.70 bits per heavy atom. The van der Waals surface area contributed by atoms with E-state index in [0.717, 1.165) is 5.56 Å². The summed E-state index contributed by atoms with van der Waals surface area (Å²) in [6.45, 7) is 0.441. The van der Waals surface area contributed by atoms with Crippen molar-refractivity contribution in [2.75, 3.05) is 5.32 Å². The van der Waals surface area contributed by atoms with Gasteiger partial charge in [-0.15, -0.1) is 0 Å². The first-order valence-electron chi connectivity index (χ1n) is 6.01. The van der Waals surface area contributed by atoms with Crippen molar-refractivity contribution in [3.05, 3.63) is 52.2 Å². The standard InChI is InChI=1S/C14H14N2O3S/c17-13(18)7-11-3-1-2-4-12(11)16-14(19)15-8-10-5-6-20-9-10/h1-6,9H,7-8H2,(H,17,18)(H2,15,16,19). The fourth-order valence-corrected chi connectivity index (χ4v) is 2.37. The van der Waals surface area contributed by atoms with Gasteiger partial charge in [-0.05, 0) is 34.0 Å². The molecule has 0 saturated carbocycles. The van der Waals surface area contributed by atoms with Crippen LogP contribution in [0.2, 0.25) is 0 Å². The van der Waals surface area contributed by atoms with Crippen molar-refractivity contribution < 1.29 is 14.7 Å². The fourth-order valence-electron chi connectivity index (χ4n) is 1.70. The second kappa shape index (κ2) is 6.72. The summed E-state index contributed by atoms with van der Waals surface area (Å²) >= 11 is 1.57. The lowest BCUT2D eigenvalue weighted by molar-refractivity contribution is -0.136. The monoisotopic (exact) mass is 290 g/mol. The van der Waals surface area contributed by atoms with Gasteiger partial charge in [-0.1, -0.05) is 18.2 Å². The van der Waals surface area contributed by atoms with Crippen LogP contribution in [-0.4, -0.2) is 17.1 Å². The minimum atomic E-state index is -0.932. The number of carboxylic acid groups (broad SMARTS) is 1. The second-order valence-corrected chi connectivity index (χ2v) is 4.95. The van der Waals surface area contributed by atoms with E-state index in [4.69, 9.17) is 5.11 Å². The summed E-state index contributed by atoms with van der Waals surface area (Å²) < 4.78 is 0. The molecule has 0 saturated heterocycles. The van der Waals surface area contributed by atoms with Crippen molar-refractivity contribution in [2.45, 2.75) is 13.0 Å². The molecule has 0 fully saturated rings. The highest BCUT2D eigenvalue weighted by atomic mass is 32.1. The molecule has 0 aliphatic heterocycles. The number of rotatable bonds is 5. The third-order valence-electron chi connectivity index (χ3n) is 2.64. The molecule has 0 unspecified atom stereocenters. The molecule has 1 aromatic carbocycles. The number of aliphatic carboxylic acids is 1. The molecule has 1 aromatic heterocycles. The van der Waals surface area contributed by atoms with Crippen LogP contribution in [0, 0.1) is 0 Å². The lowest BCUT2D eigenvalue weighted by Crippen LogP contribution is -2.28. The number of hydrogen-bond donors (Lipinski definition) is 3. The molecule has 5 nitrogen and oxygen atoms in total. The van der Waals surface area contributed by atoms with Gasteiger partial charge in [0, 0.05) is 12.2 Å². The van der Waals surface area contributed by atoms with Crippen molar-refractivity contribution in [1.29, 1.82) is 0 Å². The largest absolute Gasteiger partial charge is 0.481 e. The number of hydrogen-bond acceptors (Lipinski definition) is 3. The van der Waals surface area contributed by atoms with E-state index in [1.165, 1.54) is 0 Å². The molecular weight excluding hydrogens is 276 g/mol. The van der Waals surface area contributed by atoms with Gasteiger partial charge in [-0.2, -0.15) is 11.3 Å². The number of anilines is 1. The van der Waals surface area contributed by atoms with Crippen molar-refractivity contribution in [2.24, 2.45) is 0 Å². The highest BCUT2D eigenvalue weighted by Crippen LogP contribution is 2.15. The number of carbonyl (C=O) groups excluding carboxylic acids is 1. The summed E-state index contributed by atoms with van der Waals surface area (Å²) in [5.74, 6) is -0.932. The normalized spacial score (nSPS) is 10.0. The van der Waals surface area contributed by atoms with E-state index >= 15 is 0 Å². The lowest BCUT2D eigenvalue weighted by Gasteiger charge is -2.10. The number of urea groups is 1. The van der Waals surface area contributed by atoms with Gasteiger partial charge in [0.2, 0.25) is 0 Å². The maximum absolute atomic E-state index is 11.8. The van der Waals surface area contributed by atoms with E-state index < -0.39 is 5.97 Å². The van der Waals surface area contributed by atoms with Gasteiger partial charge in [0.25, 0.3) is 0 Å². The first-order valence-corrected chi connectivity index (χ1v) is 6.95. The molecule has 0 radical (unpaired) electrons. The smallest absolute Gasteiger partial charge is 0.319 e. The Hall–Kier alpha value is -2.34. The topological polar surface area (TPSA) is 78.4 Å². The van der Waals surface area contributed by atoms with Crippen LogP contribution in [0.25, 0.3) is 0 Å². The highest BCUT2D eigenvalue weighted by Gasteiger charge is 2.09. The Kier molecular flexibility index (Phi) is 4.73. The number of nitrogens with one attached hydrogen (secondary N) is 2. The number of amides is 2. The summed E-state index contributed by atoms with van der Waals surface area (Å²) in [7, 11) is 0. The van der Waals surface area contributed by atoms with Gasteiger partial charge in [0.05, 0.1) is 6.42 Å². The maximum Gasteiger partial charge on any atom is 0.319 e. The van der Waals surface area contributed by atoms with Crippen molar-refractivity contribution >= 4 is 29.0 Å². The van der Waals surface area contributed by atoms with E-state index in [1.807, 2.05) is 16.8 Å². The fraction of sp³-hybridized carbons (Fsp3) is 0.143. The quantitative estimate of drug-likeness (QED) is 0.792. The van der Waals surface area contributed by atoms with Crippen LogP contribution >= 0.6 is 11.3 Å². The molecule has 0 aliphatic rings. The first-order chi connectivity index (χ1) is 9.65. The maximum atomic E-state index is 11.8. The molecule has 20 heavy (non-hydrogen) atoms. The van der Waals surface area contributed by atoms with Crippen LogP contribution in [0.3, 0.4) is 0 Å². The van der Waals surface area contributed by atoms with E-state index in [2.05, 4.69) is 10.6 Å². The predicted molar refractivity (Wildman–Crippen MR) is 78.0 cm³/mol. The van der Waals surface area contributed by atoms with E-state index in [9.17, 15) is 9.59 Å². The summed E-state index contributed by atoms with van der Waals surface area (Å²) in [6.07, 6.45) is -0.124. The Balaban J connectivity index is 1.95. The Morgan fingerprint density at radius 2 is 2.00 bits per heavy atom. The molecule has 2 amide bonds. The number of thiophene rings is 1. The molecule has 3 N–H and O–H groups in total. The molecule has 104 valence electrons. The van der Waals surface area contributed by atoms with Crippen molar-refractivity contribution in [3.63, 3.8) is 0 Å². The van der Waals surface area contributed by atoms with Crippen molar-refractivity contribution in [3.8, 4) is 0 Å². The van der Waals surface area contributed by atoms with E-state index in [1.54, 1.807) is 35.6 Å². The van der Waals surface area contributed by atoms with Crippen LogP contribution in [-0.2, 0) is 17.8 Å². The first kappa shape index (κ1) is 14.1. The molecule has 1 heterocycles. The molecule has 0 atom stereocenters. The molecule has 0 aliphatic carbocycles. The van der Waals surface area contributed by atoms with Crippen LogP contribution in [0.1, 0.15) is 11.1 Å². The summed E-state index contributed by atoms with van der Waals surface area (Å²) in [5.41, 5.74) is 2.12. The summed E-state index contributed by atoms with van der Waals surface area (Å²) in [5, 5.41) is 18.1. The van der Waals surface area contributed by atoms with E-state index in [0.29, 0.717) is 17.8 Å². The number of benzene rings is 1. The minimum absolute atomic E-state index is 0.124.